The average molecular weight is 212 g/mol. The molecule has 0 saturated carbocycles. The number of likely N-dealkylation sites (tertiary alicyclic amines) is 1. The molecular formula is C12H24N2O. The maximum atomic E-state index is 8.20. The molecule has 1 heterocycles. The SMILES string of the molecule is COC(C(=N)N1CCCCC1)C(C)(C)C. The first-order valence-corrected chi connectivity index (χ1v) is 5.83. The largest absolute Gasteiger partial charge is 0.373 e. The zero-order valence-electron chi connectivity index (χ0n) is 10.5. The minimum absolute atomic E-state index is 0.00325. The van der Waals surface area contributed by atoms with E-state index in [-0.39, 0.29) is 11.5 Å². The smallest absolute Gasteiger partial charge is 0.126 e. The van der Waals surface area contributed by atoms with Gasteiger partial charge in [0.1, 0.15) is 11.9 Å². The predicted molar refractivity (Wildman–Crippen MR) is 63.4 cm³/mol. The molecule has 0 aliphatic carbocycles. The Bertz CT molecular complexity index is 214. The molecule has 1 fully saturated rings. The van der Waals surface area contributed by atoms with Gasteiger partial charge in [-0.15, -0.1) is 0 Å². The summed E-state index contributed by atoms with van der Waals surface area (Å²) < 4.78 is 5.46. The highest BCUT2D eigenvalue weighted by atomic mass is 16.5. The van der Waals surface area contributed by atoms with Gasteiger partial charge < -0.3 is 9.64 Å². The molecule has 88 valence electrons. The molecule has 0 bridgehead atoms. The minimum atomic E-state index is -0.0874. The van der Waals surface area contributed by atoms with E-state index in [4.69, 9.17) is 10.1 Å². The lowest BCUT2D eigenvalue weighted by Crippen LogP contribution is -2.47. The molecule has 1 atom stereocenters. The summed E-state index contributed by atoms with van der Waals surface area (Å²) in [5.74, 6) is 0.657. The summed E-state index contributed by atoms with van der Waals surface area (Å²) >= 11 is 0. The van der Waals surface area contributed by atoms with Gasteiger partial charge in [-0.05, 0) is 24.7 Å². The van der Waals surface area contributed by atoms with E-state index in [0.717, 1.165) is 13.1 Å². The molecule has 0 amide bonds. The van der Waals surface area contributed by atoms with Crippen LogP contribution in [0.4, 0.5) is 0 Å². The fourth-order valence-electron chi connectivity index (χ4n) is 2.18. The molecule has 0 aromatic carbocycles. The van der Waals surface area contributed by atoms with Crippen LogP contribution >= 0.6 is 0 Å². The predicted octanol–water partition coefficient (Wildman–Crippen LogP) is 2.51. The van der Waals surface area contributed by atoms with E-state index in [1.165, 1.54) is 19.3 Å². The Morgan fingerprint density at radius 3 is 2.13 bits per heavy atom. The van der Waals surface area contributed by atoms with Crippen molar-refractivity contribution >= 4 is 5.84 Å². The molecule has 15 heavy (non-hydrogen) atoms. The normalized spacial score (nSPS) is 20.1. The fourth-order valence-corrected chi connectivity index (χ4v) is 2.18. The number of ether oxygens (including phenoxy) is 1. The Labute approximate surface area is 93.3 Å². The Hall–Kier alpha value is -0.570. The Morgan fingerprint density at radius 1 is 1.20 bits per heavy atom. The molecule has 1 N–H and O–H groups in total. The van der Waals surface area contributed by atoms with E-state index >= 15 is 0 Å². The molecule has 3 heteroatoms. The van der Waals surface area contributed by atoms with Crippen LogP contribution < -0.4 is 0 Å². The first-order valence-electron chi connectivity index (χ1n) is 5.83. The molecule has 1 aliphatic heterocycles. The highest BCUT2D eigenvalue weighted by Crippen LogP contribution is 2.24. The number of nitrogens with one attached hydrogen (secondary N) is 1. The number of rotatable bonds is 2. The van der Waals surface area contributed by atoms with Crippen molar-refractivity contribution in [1.82, 2.24) is 4.90 Å². The van der Waals surface area contributed by atoms with Crippen LogP contribution in [0.5, 0.6) is 0 Å². The maximum absolute atomic E-state index is 8.20. The van der Waals surface area contributed by atoms with Crippen molar-refractivity contribution in [2.45, 2.75) is 46.1 Å². The van der Waals surface area contributed by atoms with Crippen molar-refractivity contribution in [3.8, 4) is 0 Å². The van der Waals surface area contributed by atoms with E-state index in [9.17, 15) is 0 Å². The summed E-state index contributed by atoms with van der Waals surface area (Å²) in [6, 6.07) is 0. The Kier molecular flexibility index (Phi) is 4.14. The third-order valence-electron chi connectivity index (χ3n) is 2.97. The molecule has 1 unspecified atom stereocenters. The van der Waals surface area contributed by atoms with Crippen molar-refractivity contribution in [3.63, 3.8) is 0 Å². The number of nitrogens with zero attached hydrogens (tertiary/aromatic N) is 1. The first-order chi connectivity index (χ1) is 6.96. The summed E-state index contributed by atoms with van der Waals surface area (Å²) in [6.45, 7) is 8.42. The van der Waals surface area contributed by atoms with Gasteiger partial charge in [0.05, 0.1) is 0 Å². The number of hydrogen-bond donors (Lipinski definition) is 1. The summed E-state index contributed by atoms with van der Waals surface area (Å²) in [7, 11) is 1.70. The number of piperidine rings is 1. The highest BCUT2D eigenvalue weighted by molar-refractivity contribution is 5.84. The van der Waals surface area contributed by atoms with Crippen molar-refractivity contribution < 1.29 is 4.74 Å². The number of hydrogen-bond acceptors (Lipinski definition) is 2. The van der Waals surface area contributed by atoms with Crippen LogP contribution in [0.15, 0.2) is 0 Å². The van der Waals surface area contributed by atoms with Crippen LogP contribution in [0.3, 0.4) is 0 Å². The van der Waals surface area contributed by atoms with E-state index in [2.05, 4.69) is 25.7 Å². The van der Waals surface area contributed by atoms with Crippen LogP contribution in [0, 0.1) is 10.8 Å². The summed E-state index contributed by atoms with van der Waals surface area (Å²) in [6.07, 6.45) is 3.64. The zero-order valence-corrected chi connectivity index (χ0v) is 10.5. The summed E-state index contributed by atoms with van der Waals surface area (Å²) in [5, 5.41) is 8.20. The molecule has 0 spiro atoms. The van der Waals surface area contributed by atoms with Crippen LogP contribution in [-0.2, 0) is 4.74 Å². The molecule has 0 aromatic heterocycles. The molecule has 1 aliphatic rings. The first kappa shape index (κ1) is 12.5. The lowest BCUT2D eigenvalue weighted by atomic mass is 9.87. The van der Waals surface area contributed by atoms with E-state index in [1.54, 1.807) is 7.11 Å². The second-order valence-electron chi connectivity index (χ2n) is 5.41. The van der Waals surface area contributed by atoms with Gasteiger partial charge in [0, 0.05) is 20.2 Å². The quantitative estimate of drug-likeness (QED) is 0.564. The Balaban J connectivity index is 2.63. The van der Waals surface area contributed by atoms with Crippen LogP contribution in [0.1, 0.15) is 40.0 Å². The van der Waals surface area contributed by atoms with Crippen LogP contribution in [0.25, 0.3) is 0 Å². The molecule has 3 nitrogen and oxygen atoms in total. The van der Waals surface area contributed by atoms with Gasteiger partial charge in [0.25, 0.3) is 0 Å². The highest BCUT2D eigenvalue weighted by Gasteiger charge is 2.31. The van der Waals surface area contributed by atoms with Gasteiger partial charge in [0.15, 0.2) is 0 Å². The molecule has 1 saturated heterocycles. The third kappa shape index (κ3) is 3.20. The molecule has 0 radical (unpaired) electrons. The van der Waals surface area contributed by atoms with Gasteiger partial charge >= 0.3 is 0 Å². The second-order valence-corrected chi connectivity index (χ2v) is 5.41. The van der Waals surface area contributed by atoms with Gasteiger partial charge in [-0.3, -0.25) is 5.41 Å². The molecule has 1 rings (SSSR count). The lowest BCUT2D eigenvalue weighted by Gasteiger charge is -2.37. The summed E-state index contributed by atoms with van der Waals surface area (Å²) in [4.78, 5) is 2.17. The van der Waals surface area contributed by atoms with Crippen LogP contribution in [-0.4, -0.2) is 37.0 Å². The van der Waals surface area contributed by atoms with Gasteiger partial charge in [-0.25, -0.2) is 0 Å². The van der Waals surface area contributed by atoms with Gasteiger partial charge in [-0.1, -0.05) is 20.8 Å². The maximum Gasteiger partial charge on any atom is 0.126 e. The van der Waals surface area contributed by atoms with E-state index in [1.807, 2.05) is 0 Å². The monoisotopic (exact) mass is 212 g/mol. The summed E-state index contributed by atoms with van der Waals surface area (Å²) in [5.41, 5.74) is 0.00325. The second kappa shape index (κ2) is 4.97. The van der Waals surface area contributed by atoms with E-state index < -0.39 is 0 Å². The van der Waals surface area contributed by atoms with E-state index in [0.29, 0.717) is 5.84 Å². The minimum Gasteiger partial charge on any atom is -0.373 e. The van der Waals surface area contributed by atoms with Crippen molar-refractivity contribution in [2.75, 3.05) is 20.2 Å². The fraction of sp³-hybridized carbons (Fsp3) is 0.917. The topological polar surface area (TPSA) is 36.3 Å². The zero-order chi connectivity index (χ0) is 11.5. The van der Waals surface area contributed by atoms with Crippen LogP contribution in [0.2, 0.25) is 0 Å². The van der Waals surface area contributed by atoms with Crippen molar-refractivity contribution in [2.24, 2.45) is 5.41 Å². The number of amidine groups is 1. The Morgan fingerprint density at radius 2 is 1.73 bits per heavy atom. The molecular weight excluding hydrogens is 188 g/mol. The lowest BCUT2D eigenvalue weighted by molar-refractivity contribution is 0.0562. The van der Waals surface area contributed by atoms with Gasteiger partial charge in [-0.2, -0.15) is 0 Å². The van der Waals surface area contributed by atoms with Crippen molar-refractivity contribution in [1.29, 1.82) is 5.41 Å². The third-order valence-corrected chi connectivity index (χ3v) is 2.97. The average Bonchev–Trinajstić information content (AvgIpc) is 2.18. The standard InChI is InChI=1S/C12H24N2O/c1-12(2,3)10(15-4)11(13)14-8-6-5-7-9-14/h10,13H,5-9H2,1-4H3. The van der Waals surface area contributed by atoms with Gasteiger partial charge in [0.2, 0.25) is 0 Å². The van der Waals surface area contributed by atoms with Crippen molar-refractivity contribution in [3.05, 3.63) is 0 Å². The molecule has 0 aromatic rings. The number of methoxy groups -OCH3 is 1.